The van der Waals surface area contributed by atoms with E-state index in [0.29, 0.717) is 6.04 Å². The van der Waals surface area contributed by atoms with Crippen molar-refractivity contribution in [2.75, 3.05) is 25.5 Å². The summed E-state index contributed by atoms with van der Waals surface area (Å²) >= 11 is 0. The molecule has 1 heterocycles. The molecule has 1 saturated heterocycles. The molecule has 16 heavy (non-hydrogen) atoms. The Kier molecular flexibility index (Phi) is 3.44. The summed E-state index contributed by atoms with van der Waals surface area (Å²) in [7, 11) is 3.92. The van der Waals surface area contributed by atoms with Crippen LogP contribution >= 0.6 is 0 Å². The van der Waals surface area contributed by atoms with E-state index >= 15 is 0 Å². The lowest BCUT2D eigenvalue weighted by Crippen LogP contribution is -2.28. The highest BCUT2D eigenvalue weighted by atomic mass is 19.1. The first kappa shape index (κ1) is 11.4. The summed E-state index contributed by atoms with van der Waals surface area (Å²) in [6.45, 7) is 1.06. The van der Waals surface area contributed by atoms with Gasteiger partial charge in [-0.05, 0) is 37.1 Å². The fourth-order valence-electron chi connectivity index (χ4n) is 2.32. The van der Waals surface area contributed by atoms with Gasteiger partial charge >= 0.3 is 0 Å². The van der Waals surface area contributed by atoms with Crippen molar-refractivity contribution in [3.05, 3.63) is 29.6 Å². The molecule has 0 spiro atoms. The average Bonchev–Trinajstić information content (AvgIpc) is 2.30. The number of halogens is 1. The highest BCUT2D eigenvalue weighted by Crippen LogP contribution is 2.30. The molecule has 2 rings (SSSR count). The molecule has 1 atom stereocenters. The first-order valence-corrected chi connectivity index (χ1v) is 5.88. The van der Waals surface area contributed by atoms with Crippen molar-refractivity contribution >= 4 is 5.69 Å². The lowest BCUT2D eigenvalue weighted by atomic mass is 9.96. The summed E-state index contributed by atoms with van der Waals surface area (Å²) < 4.78 is 13.2. The SMILES string of the molecule is CN(C)c1cc(F)ccc1C1CCCCN1. The highest BCUT2D eigenvalue weighted by molar-refractivity contribution is 5.54. The minimum Gasteiger partial charge on any atom is -0.377 e. The topological polar surface area (TPSA) is 15.3 Å². The number of benzene rings is 1. The van der Waals surface area contributed by atoms with Gasteiger partial charge in [-0.25, -0.2) is 4.39 Å². The van der Waals surface area contributed by atoms with E-state index in [4.69, 9.17) is 0 Å². The van der Waals surface area contributed by atoms with Crippen molar-refractivity contribution < 1.29 is 4.39 Å². The van der Waals surface area contributed by atoms with Crippen molar-refractivity contribution in [3.8, 4) is 0 Å². The molecule has 1 N–H and O–H groups in total. The van der Waals surface area contributed by atoms with Gasteiger partial charge in [-0.2, -0.15) is 0 Å². The fraction of sp³-hybridized carbons (Fsp3) is 0.538. The summed E-state index contributed by atoms with van der Waals surface area (Å²) in [4.78, 5) is 1.98. The summed E-state index contributed by atoms with van der Waals surface area (Å²) in [6.07, 6.45) is 3.64. The molecule has 88 valence electrons. The van der Waals surface area contributed by atoms with E-state index in [9.17, 15) is 4.39 Å². The number of nitrogens with zero attached hydrogens (tertiary/aromatic N) is 1. The molecule has 0 aromatic heterocycles. The zero-order valence-corrected chi connectivity index (χ0v) is 9.96. The standard InChI is InChI=1S/C13H19FN2/c1-16(2)13-9-10(14)6-7-11(13)12-5-3-4-8-15-12/h6-7,9,12,15H,3-5,8H2,1-2H3. The van der Waals surface area contributed by atoms with Gasteiger partial charge in [0.05, 0.1) is 0 Å². The van der Waals surface area contributed by atoms with E-state index in [2.05, 4.69) is 5.32 Å². The number of hydrogen-bond acceptors (Lipinski definition) is 2. The Balaban J connectivity index is 2.31. The molecule has 1 aromatic rings. The maximum absolute atomic E-state index is 13.2. The van der Waals surface area contributed by atoms with E-state index in [0.717, 1.165) is 18.7 Å². The van der Waals surface area contributed by atoms with Crippen LogP contribution in [0.25, 0.3) is 0 Å². The molecule has 3 heteroatoms. The highest BCUT2D eigenvalue weighted by Gasteiger charge is 2.18. The van der Waals surface area contributed by atoms with Crippen LogP contribution in [0.1, 0.15) is 30.9 Å². The van der Waals surface area contributed by atoms with Crippen molar-refractivity contribution in [3.63, 3.8) is 0 Å². The van der Waals surface area contributed by atoms with Gasteiger partial charge in [-0.3, -0.25) is 0 Å². The molecule has 1 fully saturated rings. The van der Waals surface area contributed by atoms with Gasteiger partial charge in [0.1, 0.15) is 5.82 Å². The third-order valence-corrected chi connectivity index (χ3v) is 3.16. The normalized spacial score (nSPS) is 20.8. The summed E-state index contributed by atoms with van der Waals surface area (Å²) in [6, 6.07) is 5.46. The van der Waals surface area contributed by atoms with Crippen LogP contribution in [0, 0.1) is 5.82 Å². The number of rotatable bonds is 2. The van der Waals surface area contributed by atoms with E-state index in [1.54, 1.807) is 12.1 Å². The monoisotopic (exact) mass is 222 g/mol. The van der Waals surface area contributed by atoms with Crippen molar-refractivity contribution in [1.82, 2.24) is 5.32 Å². The maximum atomic E-state index is 13.2. The molecular formula is C13H19FN2. The van der Waals surface area contributed by atoms with Crippen LogP contribution in [-0.2, 0) is 0 Å². The van der Waals surface area contributed by atoms with Crippen LogP contribution in [0.3, 0.4) is 0 Å². The second-order valence-electron chi connectivity index (χ2n) is 4.60. The predicted octanol–water partition coefficient (Wildman–Crippen LogP) is 2.71. The molecule has 1 aromatic carbocycles. The Morgan fingerprint density at radius 3 is 2.75 bits per heavy atom. The number of anilines is 1. The predicted molar refractivity (Wildman–Crippen MR) is 65.3 cm³/mol. The second-order valence-corrected chi connectivity index (χ2v) is 4.60. The number of hydrogen-bond donors (Lipinski definition) is 1. The molecule has 1 aliphatic heterocycles. The van der Waals surface area contributed by atoms with Crippen LogP contribution in [0.5, 0.6) is 0 Å². The van der Waals surface area contributed by atoms with Gasteiger partial charge in [0, 0.05) is 25.8 Å². The van der Waals surface area contributed by atoms with E-state index in [1.807, 2.05) is 25.1 Å². The van der Waals surface area contributed by atoms with Gasteiger partial charge in [0.15, 0.2) is 0 Å². The van der Waals surface area contributed by atoms with Crippen LogP contribution in [0.15, 0.2) is 18.2 Å². The van der Waals surface area contributed by atoms with Crippen LogP contribution in [0.2, 0.25) is 0 Å². The van der Waals surface area contributed by atoms with Gasteiger partial charge in [-0.1, -0.05) is 12.5 Å². The summed E-state index contributed by atoms with van der Waals surface area (Å²) in [5.41, 5.74) is 2.20. The molecule has 0 saturated carbocycles. The van der Waals surface area contributed by atoms with Gasteiger partial charge < -0.3 is 10.2 Å². The molecule has 1 aliphatic rings. The van der Waals surface area contributed by atoms with Gasteiger partial charge in [0.2, 0.25) is 0 Å². The van der Waals surface area contributed by atoms with E-state index in [-0.39, 0.29) is 5.82 Å². The van der Waals surface area contributed by atoms with Crippen molar-refractivity contribution in [2.24, 2.45) is 0 Å². The largest absolute Gasteiger partial charge is 0.377 e. The Labute approximate surface area is 96.5 Å². The summed E-state index contributed by atoms with van der Waals surface area (Å²) in [5, 5.41) is 3.50. The van der Waals surface area contributed by atoms with Crippen LogP contribution in [0.4, 0.5) is 10.1 Å². The van der Waals surface area contributed by atoms with E-state index < -0.39 is 0 Å². The van der Waals surface area contributed by atoms with Gasteiger partial charge in [-0.15, -0.1) is 0 Å². The van der Waals surface area contributed by atoms with Crippen LogP contribution < -0.4 is 10.2 Å². The second kappa shape index (κ2) is 4.83. The smallest absolute Gasteiger partial charge is 0.125 e. The third-order valence-electron chi connectivity index (χ3n) is 3.16. The number of nitrogens with one attached hydrogen (secondary N) is 1. The Hall–Kier alpha value is -1.09. The van der Waals surface area contributed by atoms with Crippen LogP contribution in [-0.4, -0.2) is 20.6 Å². The Morgan fingerprint density at radius 2 is 2.12 bits per heavy atom. The van der Waals surface area contributed by atoms with E-state index in [1.165, 1.54) is 18.4 Å². The molecule has 0 amide bonds. The zero-order chi connectivity index (χ0) is 11.5. The molecule has 0 radical (unpaired) electrons. The average molecular weight is 222 g/mol. The molecule has 0 bridgehead atoms. The number of piperidine rings is 1. The first-order chi connectivity index (χ1) is 7.68. The third kappa shape index (κ3) is 2.35. The molecular weight excluding hydrogens is 203 g/mol. The van der Waals surface area contributed by atoms with Gasteiger partial charge in [0.25, 0.3) is 0 Å². The Morgan fingerprint density at radius 1 is 1.31 bits per heavy atom. The minimum absolute atomic E-state index is 0.164. The zero-order valence-electron chi connectivity index (χ0n) is 9.96. The fourth-order valence-corrected chi connectivity index (χ4v) is 2.32. The molecule has 1 unspecified atom stereocenters. The van der Waals surface area contributed by atoms with Crippen molar-refractivity contribution in [1.29, 1.82) is 0 Å². The minimum atomic E-state index is -0.164. The van der Waals surface area contributed by atoms with Crippen molar-refractivity contribution in [2.45, 2.75) is 25.3 Å². The lowest BCUT2D eigenvalue weighted by molar-refractivity contribution is 0.412. The maximum Gasteiger partial charge on any atom is 0.125 e. The quantitative estimate of drug-likeness (QED) is 0.827. The lowest BCUT2D eigenvalue weighted by Gasteiger charge is -2.28. The molecule has 2 nitrogen and oxygen atoms in total. The first-order valence-electron chi connectivity index (χ1n) is 5.88. The summed E-state index contributed by atoms with van der Waals surface area (Å²) in [5.74, 6) is -0.164. The Bertz CT molecular complexity index is 357. The molecule has 0 aliphatic carbocycles.